The molecule has 232 valence electrons. The second-order valence-electron chi connectivity index (χ2n) is 12.8. The van der Waals surface area contributed by atoms with Crippen LogP contribution >= 0.6 is 0 Å². The number of carbonyl (C=O) groups is 1. The Bertz CT molecular complexity index is 1650. The topological polar surface area (TPSA) is 104 Å². The zero-order valence-electron chi connectivity index (χ0n) is 26.5. The highest BCUT2D eigenvalue weighted by Crippen LogP contribution is 2.43. The van der Waals surface area contributed by atoms with Gasteiger partial charge in [-0.05, 0) is 67.9 Å². The van der Waals surface area contributed by atoms with Crippen LogP contribution in [-0.4, -0.2) is 63.7 Å². The molecule has 1 aromatic carbocycles. The van der Waals surface area contributed by atoms with Gasteiger partial charge in [0.25, 0.3) is 15.9 Å². The number of sulfonamides is 1. The van der Waals surface area contributed by atoms with Crippen LogP contribution in [0.4, 0.5) is 4.39 Å². The zero-order chi connectivity index (χ0) is 31.7. The third-order valence-corrected chi connectivity index (χ3v) is 10.5. The fourth-order valence-electron chi connectivity index (χ4n) is 6.55. The Morgan fingerprint density at radius 3 is 2.45 bits per heavy atom. The number of nitrogens with zero attached hydrogens (tertiary/aromatic N) is 4. The molecule has 5 rings (SSSR count). The molecule has 44 heavy (non-hydrogen) atoms. The lowest BCUT2D eigenvalue weighted by Gasteiger charge is -2.39. The maximum Gasteiger partial charge on any atom is 0.265 e. The number of pyridine rings is 1. The average Bonchev–Trinajstić information content (AvgIpc) is 3.69. The van der Waals surface area contributed by atoms with Gasteiger partial charge in [0.15, 0.2) is 11.7 Å². The van der Waals surface area contributed by atoms with Gasteiger partial charge in [-0.2, -0.15) is 0 Å². The van der Waals surface area contributed by atoms with E-state index in [9.17, 15) is 17.6 Å². The number of nitrogens with one attached hydrogen (secondary N) is 1. The summed E-state index contributed by atoms with van der Waals surface area (Å²) in [6.45, 7) is 5.96. The van der Waals surface area contributed by atoms with Crippen LogP contribution in [-0.2, 0) is 26.6 Å². The minimum Gasteiger partial charge on any atom is -0.305 e. The van der Waals surface area contributed by atoms with Crippen molar-refractivity contribution in [1.29, 1.82) is 0 Å². The summed E-state index contributed by atoms with van der Waals surface area (Å²) in [5, 5.41) is -0.668. The third-order valence-electron chi connectivity index (χ3n) is 9.16. The number of halogens is 1. The summed E-state index contributed by atoms with van der Waals surface area (Å²) in [6, 6.07) is 9.03. The van der Waals surface area contributed by atoms with Gasteiger partial charge in [-0.3, -0.25) is 24.5 Å². The second kappa shape index (κ2) is 12.6. The van der Waals surface area contributed by atoms with Gasteiger partial charge >= 0.3 is 0 Å². The largest absolute Gasteiger partial charge is 0.305 e. The third kappa shape index (κ3) is 5.89. The molecule has 3 heterocycles. The van der Waals surface area contributed by atoms with Crippen molar-refractivity contribution in [1.82, 2.24) is 14.6 Å². The van der Waals surface area contributed by atoms with E-state index in [2.05, 4.69) is 50.3 Å². The molecule has 1 amide bonds. The van der Waals surface area contributed by atoms with Crippen molar-refractivity contribution in [2.75, 3.05) is 6.54 Å². The molecule has 1 fully saturated rings. The lowest BCUT2D eigenvalue weighted by Crippen LogP contribution is -2.54. The quantitative estimate of drug-likeness (QED) is 0.383. The molecule has 0 bridgehead atoms. The van der Waals surface area contributed by atoms with Crippen LogP contribution in [0.15, 0.2) is 62.8 Å². The Morgan fingerprint density at radius 1 is 1.09 bits per heavy atom. The molecule has 1 spiro atoms. The number of rotatable bonds is 11. The van der Waals surface area contributed by atoms with Crippen molar-refractivity contribution in [2.24, 2.45) is 9.98 Å². The molecule has 0 saturated heterocycles. The summed E-state index contributed by atoms with van der Waals surface area (Å²) in [7, 11) is -0.0396. The van der Waals surface area contributed by atoms with E-state index in [1.807, 2.05) is 17.0 Å². The standard InChI is InChI=1S/C32H42B2FN5O3S/c1-4-6-11-22-19-23(32(33,34)40-26(13-7-5-2)38-31(30(40)41)16-8-9-17-31)14-15-24(22)28-25(12-10-18-36-28)44(42,43)39-29-27(35)21(3)20-37-29/h10,12,14-15,18-19H,4-9,11,13,16-17,20,33-34H2,1-3H3,(H,37,39). The Kier molecular flexibility index (Phi) is 9.21. The summed E-state index contributed by atoms with van der Waals surface area (Å²) >= 11 is 0. The van der Waals surface area contributed by atoms with Gasteiger partial charge in [-0.15, -0.1) is 0 Å². The van der Waals surface area contributed by atoms with E-state index in [0.29, 0.717) is 23.3 Å². The molecule has 1 aliphatic carbocycles. The van der Waals surface area contributed by atoms with Crippen LogP contribution in [0.5, 0.6) is 0 Å². The number of benzene rings is 1. The number of unbranched alkanes of at least 4 members (excludes halogenated alkanes) is 2. The molecule has 1 aromatic heterocycles. The highest BCUT2D eigenvalue weighted by atomic mass is 32.2. The first-order valence-electron chi connectivity index (χ1n) is 15.9. The van der Waals surface area contributed by atoms with Crippen molar-refractivity contribution in [3.05, 3.63) is 59.1 Å². The highest BCUT2D eigenvalue weighted by molar-refractivity contribution is 7.90. The smallest absolute Gasteiger partial charge is 0.265 e. The Morgan fingerprint density at radius 2 is 1.80 bits per heavy atom. The first-order valence-corrected chi connectivity index (χ1v) is 17.4. The normalized spacial score (nSPS) is 18.4. The SMILES string of the molecule is BC(B)(c1ccc(-c2ncccc2S(=O)(=O)NC2=NCC(C)=C2F)c(CCCC)c1)N1C(=O)C2(CCCC2)N=C1CCCC. The van der Waals surface area contributed by atoms with Crippen LogP contribution in [0.2, 0.25) is 0 Å². The summed E-state index contributed by atoms with van der Waals surface area (Å²) < 4.78 is 44.0. The first kappa shape index (κ1) is 32.1. The number of aliphatic imine (C=N–C) groups is 2. The number of aryl methyl sites for hydroxylation is 1. The number of aromatic nitrogens is 1. The van der Waals surface area contributed by atoms with Crippen molar-refractivity contribution < 1.29 is 17.6 Å². The van der Waals surface area contributed by atoms with Crippen molar-refractivity contribution in [2.45, 2.75) is 101 Å². The van der Waals surface area contributed by atoms with E-state index in [0.717, 1.165) is 74.7 Å². The number of hydrogen-bond donors (Lipinski definition) is 1. The van der Waals surface area contributed by atoms with E-state index in [-0.39, 0.29) is 23.2 Å². The molecule has 0 atom stereocenters. The van der Waals surface area contributed by atoms with Gasteiger partial charge in [0.05, 0.1) is 12.2 Å². The van der Waals surface area contributed by atoms with Gasteiger partial charge in [0.1, 0.15) is 32.0 Å². The predicted molar refractivity (Wildman–Crippen MR) is 178 cm³/mol. The van der Waals surface area contributed by atoms with Crippen molar-refractivity contribution in [3.63, 3.8) is 0 Å². The summed E-state index contributed by atoms with van der Waals surface area (Å²) in [5.41, 5.74) is 2.64. The molecule has 2 aromatic rings. The summed E-state index contributed by atoms with van der Waals surface area (Å²) in [5.74, 6) is 0.0441. The Labute approximate surface area is 262 Å². The van der Waals surface area contributed by atoms with E-state index >= 15 is 0 Å². The fraction of sp³-hybridized carbons (Fsp3) is 0.500. The number of amides is 1. The van der Waals surface area contributed by atoms with Crippen LogP contribution in [0, 0.1) is 0 Å². The molecule has 0 radical (unpaired) electrons. The Hall–Kier alpha value is -3.27. The molecule has 0 unspecified atom stereocenters. The summed E-state index contributed by atoms with van der Waals surface area (Å²) in [6.07, 6.45) is 10.5. The molecular weight excluding hydrogens is 575 g/mol. The van der Waals surface area contributed by atoms with E-state index in [4.69, 9.17) is 4.99 Å². The first-order chi connectivity index (χ1) is 20.9. The molecule has 2 aliphatic heterocycles. The maximum atomic E-state index is 14.5. The van der Waals surface area contributed by atoms with Gasteiger partial charge in [-0.1, -0.05) is 57.7 Å². The fourth-order valence-corrected chi connectivity index (χ4v) is 7.74. The highest BCUT2D eigenvalue weighted by Gasteiger charge is 2.53. The molecular formula is C32H42B2FN5O3S. The van der Waals surface area contributed by atoms with Crippen LogP contribution in [0.3, 0.4) is 0 Å². The van der Waals surface area contributed by atoms with Crippen LogP contribution < -0.4 is 4.72 Å². The average molecular weight is 617 g/mol. The van der Waals surface area contributed by atoms with E-state index in [1.165, 1.54) is 6.07 Å². The molecule has 12 heteroatoms. The molecule has 3 aliphatic rings. The molecule has 1 N–H and O–H groups in total. The molecule has 1 saturated carbocycles. The number of hydrogen-bond acceptors (Lipinski definition) is 6. The zero-order valence-corrected chi connectivity index (χ0v) is 27.4. The predicted octanol–water partition coefficient (Wildman–Crippen LogP) is 4.15. The van der Waals surface area contributed by atoms with Gasteiger partial charge < -0.3 is 4.90 Å². The van der Waals surface area contributed by atoms with Crippen LogP contribution in [0.1, 0.15) is 89.7 Å². The Balaban J connectivity index is 1.55. The lowest BCUT2D eigenvalue weighted by molar-refractivity contribution is -0.132. The van der Waals surface area contributed by atoms with Crippen molar-refractivity contribution in [3.8, 4) is 11.3 Å². The summed E-state index contributed by atoms with van der Waals surface area (Å²) in [4.78, 5) is 29.6. The van der Waals surface area contributed by atoms with E-state index in [1.54, 1.807) is 19.2 Å². The van der Waals surface area contributed by atoms with Gasteiger partial charge in [-0.25, -0.2) is 12.8 Å². The lowest BCUT2D eigenvalue weighted by atomic mass is 9.56. The van der Waals surface area contributed by atoms with E-state index < -0.39 is 26.7 Å². The second-order valence-corrected chi connectivity index (χ2v) is 14.4. The number of amidine groups is 2. The molecule has 8 nitrogen and oxygen atoms in total. The minimum absolute atomic E-state index is 0.0447. The van der Waals surface area contributed by atoms with Crippen molar-refractivity contribution >= 4 is 43.3 Å². The van der Waals surface area contributed by atoms with Gasteiger partial charge in [0.2, 0.25) is 0 Å². The number of carbonyl (C=O) groups excluding carboxylic acids is 1. The van der Waals surface area contributed by atoms with Crippen LogP contribution in [0.25, 0.3) is 11.3 Å². The van der Waals surface area contributed by atoms with Gasteiger partial charge in [0, 0.05) is 23.5 Å². The minimum atomic E-state index is -4.19. The maximum absolute atomic E-state index is 14.5. The monoisotopic (exact) mass is 617 g/mol.